The highest BCUT2D eigenvalue weighted by Crippen LogP contribution is 2.14. The molecule has 80 valence electrons. The van der Waals surface area contributed by atoms with Crippen molar-refractivity contribution in [2.45, 2.75) is 5.92 Å². The molecule has 0 aromatic carbocycles. The number of aromatic nitrogens is 2. The molecular weight excluding hydrogens is 268 g/mol. The Morgan fingerprint density at radius 2 is 2.00 bits per heavy atom. The van der Waals surface area contributed by atoms with Crippen molar-refractivity contribution in [1.29, 1.82) is 0 Å². The molecule has 0 radical (unpaired) electrons. The molecule has 0 spiro atoms. The SMILES string of the molecule is COC(=O)C(C(=O)O)c1ncc(Br)cn1. The van der Waals surface area contributed by atoms with Crippen LogP contribution in [0.15, 0.2) is 16.9 Å². The third kappa shape index (κ3) is 2.72. The van der Waals surface area contributed by atoms with Gasteiger partial charge in [-0.2, -0.15) is 0 Å². The van der Waals surface area contributed by atoms with Crippen LogP contribution in [0.3, 0.4) is 0 Å². The standard InChI is InChI=1S/C8H7BrN2O4/c1-15-8(14)5(7(12)13)6-10-2-4(9)3-11-6/h2-3,5H,1H3,(H,12,13). The molecule has 1 aromatic heterocycles. The first kappa shape index (κ1) is 11.6. The van der Waals surface area contributed by atoms with E-state index in [0.29, 0.717) is 4.47 Å². The van der Waals surface area contributed by atoms with Gasteiger partial charge in [0.05, 0.1) is 11.6 Å². The zero-order chi connectivity index (χ0) is 11.4. The van der Waals surface area contributed by atoms with E-state index in [1.54, 1.807) is 0 Å². The minimum atomic E-state index is -1.48. The van der Waals surface area contributed by atoms with Crippen LogP contribution in [-0.2, 0) is 14.3 Å². The van der Waals surface area contributed by atoms with Crippen LogP contribution in [0.25, 0.3) is 0 Å². The number of carbonyl (C=O) groups is 2. The van der Waals surface area contributed by atoms with Gasteiger partial charge in [0, 0.05) is 12.4 Å². The molecule has 6 nitrogen and oxygen atoms in total. The normalized spacial score (nSPS) is 11.9. The van der Waals surface area contributed by atoms with E-state index in [2.05, 4.69) is 30.6 Å². The van der Waals surface area contributed by atoms with Crippen molar-refractivity contribution in [1.82, 2.24) is 9.97 Å². The van der Waals surface area contributed by atoms with Crippen LogP contribution in [0.5, 0.6) is 0 Å². The fraction of sp³-hybridized carbons (Fsp3) is 0.250. The molecule has 0 aliphatic carbocycles. The van der Waals surface area contributed by atoms with E-state index < -0.39 is 17.9 Å². The number of rotatable bonds is 3. The third-order valence-electron chi connectivity index (χ3n) is 1.58. The average molecular weight is 275 g/mol. The highest BCUT2D eigenvalue weighted by molar-refractivity contribution is 9.10. The van der Waals surface area contributed by atoms with Crippen molar-refractivity contribution in [3.8, 4) is 0 Å². The van der Waals surface area contributed by atoms with Crippen LogP contribution >= 0.6 is 15.9 Å². The van der Waals surface area contributed by atoms with E-state index in [1.165, 1.54) is 12.4 Å². The van der Waals surface area contributed by atoms with Gasteiger partial charge in [-0.1, -0.05) is 0 Å². The smallest absolute Gasteiger partial charge is 0.327 e. The molecule has 15 heavy (non-hydrogen) atoms. The summed E-state index contributed by atoms with van der Waals surface area (Å²) >= 11 is 3.10. The molecule has 0 saturated heterocycles. The van der Waals surface area contributed by atoms with Gasteiger partial charge in [-0.15, -0.1) is 0 Å². The molecular formula is C8H7BrN2O4. The Balaban J connectivity index is 3.04. The maximum Gasteiger partial charge on any atom is 0.327 e. The van der Waals surface area contributed by atoms with Crippen molar-refractivity contribution < 1.29 is 19.4 Å². The highest BCUT2D eigenvalue weighted by Gasteiger charge is 2.31. The van der Waals surface area contributed by atoms with E-state index in [9.17, 15) is 9.59 Å². The maximum atomic E-state index is 11.1. The second kappa shape index (κ2) is 4.83. The van der Waals surface area contributed by atoms with E-state index in [4.69, 9.17) is 5.11 Å². The fourth-order valence-corrected chi connectivity index (χ4v) is 1.11. The first-order valence-corrected chi connectivity index (χ1v) is 4.63. The van der Waals surface area contributed by atoms with Gasteiger partial charge >= 0.3 is 11.9 Å². The number of aliphatic carboxylic acids is 1. The van der Waals surface area contributed by atoms with Crippen molar-refractivity contribution in [2.75, 3.05) is 7.11 Å². The first-order chi connectivity index (χ1) is 7.06. The highest BCUT2D eigenvalue weighted by atomic mass is 79.9. The summed E-state index contributed by atoms with van der Waals surface area (Å²) < 4.78 is 4.94. The molecule has 1 aromatic rings. The molecule has 1 heterocycles. The quantitative estimate of drug-likeness (QED) is 0.641. The van der Waals surface area contributed by atoms with Gasteiger partial charge < -0.3 is 9.84 Å². The fourth-order valence-electron chi connectivity index (χ4n) is 0.906. The summed E-state index contributed by atoms with van der Waals surface area (Å²) in [5.74, 6) is -3.82. The zero-order valence-electron chi connectivity index (χ0n) is 7.68. The van der Waals surface area contributed by atoms with E-state index in [1.807, 2.05) is 0 Å². The van der Waals surface area contributed by atoms with Gasteiger partial charge in [0.2, 0.25) is 5.92 Å². The molecule has 0 saturated carbocycles. The Morgan fingerprint density at radius 1 is 1.47 bits per heavy atom. The molecule has 1 unspecified atom stereocenters. The Labute approximate surface area is 93.4 Å². The number of halogens is 1. The lowest BCUT2D eigenvalue weighted by Crippen LogP contribution is -2.24. The molecule has 0 aliphatic heterocycles. The monoisotopic (exact) mass is 274 g/mol. The number of ether oxygens (including phenoxy) is 1. The number of hydrogen-bond acceptors (Lipinski definition) is 5. The van der Waals surface area contributed by atoms with Gasteiger partial charge in [-0.25, -0.2) is 9.97 Å². The summed E-state index contributed by atoms with van der Waals surface area (Å²) in [5, 5.41) is 8.80. The van der Waals surface area contributed by atoms with Crippen LogP contribution in [0.1, 0.15) is 11.7 Å². The van der Waals surface area contributed by atoms with Gasteiger partial charge in [-0.3, -0.25) is 9.59 Å². The van der Waals surface area contributed by atoms with E-state index in [0.717, 1.165) is 7.11 Å². The van der Waals surface area contributed by atoms with Crippen molar-refractivity contribution in [3.05, 3.63) is 22.7 Å². The van der Waals surface area contributed by atoms with E-state index in [-0.39, 0.29) is 5.82 Å². The first-order valence-electron chi connectivity index (χ1n) is 3.84. The summed E-state index contributed by atoms with van der Waals surface area (Å²) in [7, 11) is 1.11. The number of esters is 1. The lowest BCUT2D eigenvalue weighted by atomic mass is 10.1. The van der Waals surface area contributed by atoms with Gasteiger partial charge in [0.15, 0.2) is 5.82 Å². The third-order valence-corrected chi connectivity index (χ3v) is 1.99. The summed E-state index contributed by atoms with van der Waals surface area (Å²) in [5.41, 5.74) is 0. The number of methoxy groups -OCH3 is 1. The largest absolute Gasteiger partial charge is 0.480 e. The van der Waals surface area contributed by atoms with Crippen LogP contribution in [-0.4, -0.2) is 34.1 Å². The molecule has 1 atom stereocenters. The molecule has 0 aliphatic rings. The summed E-state index contributed by atoms with van der Waals surface area (Å²) in [4.78, 5) is 29.4. The molecule has 1 N–H and O–H groups in total. The number of hydrogen-bond donors (Lipinski definition) is 1. The van der Waals surface area contributed by atoms with Gasteiger partial charge in [0.1, 0.15) is 0 Å². The Hall–Kier alpha value is -1.50. The summed E-state index contributed by atoms with van der Waals surface area (Å²) in [6.45, 7) is 0. The minimum Gasteiger partial charge on any atom is -0.480 e. The average Bonchev–Trinajstić information content (AvgIpc) is 2.20. The predicted molar refractivity (Wildman–Crippen MR) is 52.1 cm³/mol. The van der Waals surface area contributed by atoms with Crippen molar-refractivity contribution in [3.63, 3.8) is 0 Å². The second-order valence-electron chi connectivity index (χ2n) is 2.55. The van der Waals surface area contributed by atoms with Crippen LogP contribution < -0.4 is 0 Å². The van der Waals surface area contributed by atoms with Gasteiger partial charge in [-0.05, 0) is 15.9 Å². The second-order valence-corrected chi connectivity index (χ2v) is 3.47. The Morgan fingerprint density at radius 3 is 2.40 bits per heavy atom. The summed E-state index contributed by atoms with van der Waals surface area (Å²) in [6, 6.07) is 0. The van der Waals surface area contributed by atoms with E-state index >= 15 is 0 Å². The minimum absolute atomic E-state index is 0.0995. The number of carboxylic acids is 1. The van der Waals surface area contributed by atoms with Crippen LogP contribution in [0, 0.1) is 0 Å². The predicted octanol–water partition coefficient (Wildman–Crippen LogP) is 0.580. The molecule has 1 rings (SSSR count). The molecule has 0 amide bonds. The Kier molecular flexibility index (Phi) is 3.73. The van der Waals surface area contributed by atoms with Crippen LogP contribution in [0.2, 0.25) is 0 Å². The Bertz CT molecular complexity index is 379. The molecule has 0 bridgehead atoms. The van der Waals surface area contributed by atoms with Crippen LogP contribution in [0.4, 0.5) is 0 Å². The number of carboxylic acid groups (broad SMARTS) is 1. The number of carbonyl (C=O) groups excluding carboxylic acids is 1. The zero-order valence-corrected chi connectivity index (χ0v) is 9.26. The van der Waals surface area contributed by atoms with Crippen molar-refractivity contribution >= 4 is 27.9 Å². The van der Waals surface area contributed by atoms with Crippen molar-refractivity contribution in [2.24, 2.45) is 0 Å². The summed E-state index contributed by atoms with van der Waals surface area (Å²) in [6.07, 6.45) is 2.72. The number of nitrogens with zero attached hydrogens (tertiary/aromatic N) is 2. The lowest BCUT2D eigenvalue weighted by Gasteiger charge is -2.07. The lowest BCUT2D eigenvalue weighted by molar-refractivity contribution is -0.152. The van der Waals surface area contributed by atoms with Gasteiger partial charge in [0.25, 0.3) is 0 Å². The maximum absolute atomic E-state index is 11.1. The molecule has 0 fully saturated rings. The molecule has 7 heteroatoms. The topological polar surface area (TPSA) is 89.4 Å².